The molecule has 2 heterocycles. The van der Waals surface area contributed by atoms with E-state index in [2.05, 4.69) is 20.5 Å². The van der Waals surface area contributed by atoms with Crippen molar-refractivity contribution in [3.05, 3.63) is 21.6 Å². The highest BCUT2D eigenvalue weighted by atomic mass is 32.1. The number of nitrogens with two attached hydrogens (primary N) is 1. The van der Waals surface area contributed by atoms with Gasteiger partial charge >= 0.3 is 0 Å². The number of anilines is 1. The van der Waals surface area contributed by atoms with Gasteiger partial charge in [0, 0.05) is 24.5 Å². The summed E-state index contributed by atoms with van der Waals surface area (Å²) in [5.41, 5.74) is 5.38. The van der Waals surface area contributed by atoms with Gasteiger partial charge in [-0.2, -0.15) is 0 Å². The van der Waals surface area contributed by atoms with Crippen molar-refractivity contribution in [2.75, 3.05) is 12.3 Å². The van der Waals surface area contributed by atoms with Gasteiger partial charge in [-0.25, -0.2) is 4.98 Å². The maximum Gasteiger partial charge on any atom is 0.282 e. The van der Waals surface area contributed by atoms with Crippen LogP contribution in [0.1, 0.15) is 14.8 Å². The standard InChI is InChI=1S/C8H9N5OS2/c9-8-13-12-7(16-8)6(14)11-2-1-5-10-3-4-15-5/h3-4H,1-2H2,(H2,9,13)(H,11,14). The van der Waals surface area contributed by atoms with Gasteiger partial charge in [0.25, 0.3) is 5.91 Å². The van der Waals surface area contributed by atoms with Gasteiger partial charge in [0.05, 0.1) is 5.01 Å². The van der Waals surface area contributed by atoms with E-state index in [4.69, 9.17) is 5.73 Å². The smallest absolute Gasteiger partial charge is 0.282 e. The molecule has 0 aliphatic rings. The SMILES string of the molecule is Nc1nnc(C(=O)NCCc2nccs2)s1. The van der Waals surface area contributed by atoms with Crippen LogP contribution in [0.25, 0.3) is 0 Å². The van der Waals surface area contributed by atoms with Crippen molar-refractivity contribution in [3.63, 3.8) is 0 Å². The first-order valence-electron chi connectivity index (χ1n) is 4.51. The highest BCUT2D eigenvalue weighted by molar-refractivity contribution is 7.16. The summed E-state index contributed by atoms with van der Waals surface area (Å²) >= 11 is 2.64. The summed E-state index contributed by atoms with van der Waals surface area (Å²) in [4.78, 5) is 15.6. The maximum atomic E-state index is 11.5. The van der Waals surface area contributed by atoms with E-state index in [1.165, 1.54) is 0 Å². The lowest BCUT2D eigenvalue weighted by Gasteiger charge is -1.99. The zero-order valence-electron chi connectivity index (χ0n) is 8.21. The molecule has 0 unspecified atom stereocenters. The lowest BCUT2D eigenvalue weighted by atomic mass is 10.4. The third kappa shape index (κ3) is 2.74. The fourth-order valence-corrected chi connectivity index (χ4v) is 2.21. The minimum absolute atomic E-state index is 0.245. The van der Waals surface area contributed by atoms with Crippen molar-refractivity contribution in [2.45, 2.75) is 6.42 Å². The molecule has 0 radical (unpaired) electrons. The van der Waals surface area contributed by atoms with E-state index in [9.17, 15) is 4.79 Å². The summed E-state index contributed by atoms with van der Waals surface area (Å²) in [6.07, 6.45) is 2.46. The van der Waals surface area contributed by atoms with Crippen LogP contribution in [0.3, 0.4) is 0 Å². The van der Waals surface area contributed by atoms with Crippen LogP contribution in [0.2, 0.25) is 0 Å². The first-order chi connectivity index (χ1) is 7.75. The molecule has 8 heteroatoms. The maximum absolute atomic E-state index is 11.5. The van der Waals surface area contributed by atoms with E-state index < -0.39 is 0 Å². The van der Waals surface area contributed by atoms with Crippen molar-refractivity contribution in [1.29, 1.82) is 0 Å². The van der Waals surface area contributed by atoms with Crippen molar-refractivity contribution < 1.29 is 4.79 Å². The van der Waals surface area contributed by atoms with Crippen LogP contribution >= 0.6 is 22.7 Å². The van der Waals surface area contributed by atoms with Crippen molar-refractivity contribution >= 4 is 33.7 Å². The van der Waals surface area contributed by atoms with Crippen molar-refractivity contribution in [3.8, 4) is 0 Å². The van der Waals surface area contributed by atoms with E-state index in [0.717, 1.165) is 22.8 Å². The molecule has 0 aliphatic heterocycles. The third-order valence-corrected chi connectivity index (χ3v) is 3.33. The molecule has 0 saturated carbocycles. The highest BCUT2D eigenvalue weighted by Gasteiger charge is 2.10. The molecule has 0 atom stereocenters. The van der Waals surface area contributed by atoms with Crippen molar-refractivity contribution in [1.82, 2.24) is 20.5 Å². The number of carbonyl (C=O) groups is 1. The summed E-state index contributed by atoms with van der Waals surface area (Å²) < 4.78 is 0. The predicted molar refractivity (Wildman–Crippen MR) is 62.5 cm³/mol. The second kappa shape index (κ2) is 4.99. The van der Waals surface area contributed by atoms with Crippen LogP contribution in [0.15, 0.2) is 11.6 Å². The minimum Gasteiger partial charge on any atom is -0.374 e. The molecule has 0 saturated heterocycles. The van der Waals surface area contributed by atoms with E-state index in [1.807, 2.05) is 5.38 Å². The van der Waals surface area contributed by atoms with Gasteiger partial charge in [-0.05, 0) is 0 Å². The van der Waals surface area contributed by atoms with Gasteiger partial charge in [0.1, 0.15) is 0 Å². The van der Waals surface area contributed by atoms with Crippen LogP contribution in [0.5, 0.6) is 0 Å². The number of thiazole rings is 1. The second-order valence-corrected chi connectivity index (χ2v) is 4.87. The molecule has 2 rings (SSSR count). The van der Waals surface area contributed by atoms with Gasteiger partial charge in [-0.15, -0.1) is 21.5 Å². The van der Waals surface area contributed by atoms with Gasteiger partial charge in [0.15, 0.2) is 0 Å². The average Bonchev–Trinajstić information content (AvgIpc) is 2.89. The Labute approximate surface area is 99.5 Å². The van der Waals surface area contributed by atoms with Gasteiger partial charge in [-0.1, -0.05) is 11.3 Å². The number of rotatable bonds is 4. The summed E-state index contributed by atoms with van der Waals surface area (Å²) in [5, 5.41) is 13.4. The summed E-state index contributed by atoms with van der Waals surface area (Å²) in [6.45, 7) is 0.534. The lowest BCUT2D eigenvalue weighted by Crippen LogP contribution is -2.25. The summed E-state index contributed by atoms with van der Waals surface area (Å²) in [7, 11) is 0. The number of hydrogen-bond donors (Lipinski definition) is 2. The Kier molecular flexibility index (Phi) is 3.42. The Morgan fingerprint density at radius 2 is 2.38 bits per heavy atom. The van der Waals surface area contributed by atoms with Crippen LogP contribution in [0, 0.1) is 0 Å². The predicted octanol–water partition coefficient (Wildman–Crippen LogP) is 0.549. The Balaban J connectivity index is 1.80. The molecule has 84 valence electrons. The first kappa shape index (κ1) is 11.0. The van der Waals surface area contributed by atoms with Crippen LogP contribution < -0.4 is 11.1 Å². The molecule has 0 spiro atoms. The lowest BCUT2D eigenvalue weighted by molar-refractivity contribution is 0.0953. The van der Waals surface area contributed by atoms with Gasteiger partial charge in [-0.3, -0.25) is 4.79 Å². The largest absolute Gasteiger partial charge is 0.374 e. The quantitative estimate of drug-likeness (QED) is 0.832. The average molecular weight is 255 g/mol. The zero-order valence-corrected chi connectivity index (χ0v) is 9.85. The second-order valence-electron chi connectivity index (χ2n) is 2.88. The number of aromatic nitrogens is 3. The molecule has 0 aromatic carbocycles. The number of carbonyl (C=O) groups excluding carboxylic acids is 1. The third-order valence-electron chi connectivity index (χ3n) is 1.74. The van der Waals surface area contributed by atoms with E-state index in [-0.39, 0.29) is 10.9 Å². The molecule has 2 aromatic heterocycles. The molecule has 3 N–H and O–H groups in total. The molecule has 0 bridgehead atoms. The molecule has 2 aromatic rings. The molecule has 0 fully saturated rings. The summed E-state index contributed by atoms with van der Waals surface area (Å²) in [6, 6.07) is 0. The highest BCUT2D eigenvalue weighted by Crippen LogP contribution is 2.10. The van der Waals surface area contributed by atoms with Crippen LogP contribution in [-0.2, 0) is 6.42 Å². The van der Waals surface area contributed by atoms with E-state index >= 15 is 0 Å². The fraction of sp³-hybridized carbons (Fsp3) is 0.250. The summed E-state index contributed by atoms with van der Waals surface area (Å²) in [5.74, 6) is -0.245. The Hall–Kier alpha value is -1.54. The molecule has 1 amide bonds. The molecule has 16 heavy (non-hydrogen) atoms. The Bertz CT molecular complexity index is 466. The number of nitrogens with one attached hydrogen (secondary N) is 1. The molecule has 6 nitrogen and oxygen atoms in total. The Morgan fingerprint density at radius 1 is 1.50 bits per heavy atom. The monoisotopic (exact) mass is 255 g/mol. The molecular weight excluding hydrogens is 246 g/mol. The number of amides is 1. The first-order valence-corrected chi connectivity index (χ1v) is 6.21. The zero-order chi connectivity index (χ0) is 11.4. The minimum atomic E-state index is -0.245. The molecular formula is C8H9N5OS2. The van der Waals surface area contributed by atoms with E-state index in [1.54, 1.807) is 17.5 Å². The van der Waals surface area contributed by atoms with Crippen LogP contribution in [-0.4, -0.2) is 27.6 Å². The van der Waals surface area contributed by atoms with E-state index in [0.29, 0.717) is 11.7 Å². The van der Waals surface area contributed by atoms with Crippen LogP contribution in [0.4, 0.5) is 5.13 Å². The topological polar surface area (TPSA) is 93.8 Å². The normalized spacial score (nSPS) is 10.2. The number of nitrogens with zero attached hydrogens (tertiary/aromatic N) is 3. The van der Waals surface area contributed by atoms with Crippen molar-refractivity contribution in [2.24, 2.45) is 0 Å². The Morgan fingerprint density at radius 3 is 3.00 bits per heavy atom. The van der Waals surface area contributed by atoms with Gasteiger partial charge < -0.3 is 11.1 Å². The molecule has 0 aliphatic carbocycles. The number of nitrogen functional groups attached to an aromatic ring is 1. The van der Waals surface area contributed by atoms with Gasteiger partial charge in [0.2, 0.25) is 10.1 Å². The number of hydrogen-bond acceptors (Lipinski definition) is 7. The fourth-order valence-electron chi connectivity index (χ4n) is 1.06.